The molecule has 3 heteroatoms. The van der Waals surface area contributed by atoms with Crippen LogP contribution in [0.25, 0.3) is 0 Å². The van der Waals surface area contributed by atoms with Crippen molar-refractivity contribution in [3.8, 4) is 5.75 Å². The van der Waals surface area contributed by atoms with Gasteiger partial charge in [-0.3, -0.25) is 0 Å². The van der Waals surface area contributed by atoms with Crippen molar-refractivity contribution in [2.24, 2.45) is 5.73 Å². The number of benzene rings is 1. The first-order valence-corrected chi connectivity index (χ1v) is 7.14. The van der Waals surface area contributed by atoms with Crippen molar-refractivity contribution < 1.29 is 9.47 Å². The van der Waals surface area contributed by atoms with Gasteiger partial charge in [-0.2, -0.15) is 0 Å². The third-order valence-corrected chi connectivity index (χ3v) is 3.89. The zero-order valence-electron chi connectivity index (χ0n) is 12.6. The standard InChI is InChI=1S/C16H27NO2/c1-5-16(6-2,19-7-3)15(17)12-13-9-8-10-14(11-13)18-4/h8-11,15H,5-7,12,17H2,1-4H3. The van der Waals surface area contributed by atoms with Gasteiger partial charge in [0.25, 0.3) is 0 Å². The lowest BCUT2D eigenvalue weighted by Gasteiger charge is -2.37. The van der Waals surface area contributed by atoms with Crippen molar-refractivity contribution in [1.29, 1.82) is 0 Å². The predicted octanol–water partition coefficient (Wildman–Crippen LogP) is 3.16. The monoisotopic (exact) mass is 265 g/mol. The number of hydrogen-bond acceptors (Lipinski definition) is 3. The summed E-state index contributed by atoms with van der Waals surface area (Å²) < 4.78 is 11.2. The number of hydrogen-bond donors (Lipinski definition) is 1. The van der Waals surface area contributed by atoms with E-state index >= 15 is 0 Å². The van der Waals surface area contributed by atoms with Crippen LogP contribution in [0.4, 0.5) is 0 Å². The molecule has 0 spiro atoms. The summed E-state index contributed by atoms with van der Waals surface area (Å²) in [4.78, 5) is 0. The van der Waals surface area contributed by atoms with Crippen molar-refractivity contribution in [3.63, 3.8) is 0 Å². The van der Waals surface area contributed by atoms with E-state index in [1.165, 1.54) is 5.56 Å². The number of nitrogens with two attached hydrogens (primary N) is 1. The molecule has 1 aromatic carbocycles. The van der Waals surface area contributed by atoms with Crippen molar-refractivity contribution in [2.75, 3.05) is 13.7 Å². The lowest BCUT2D eigenvalue weighted by Crippen LogP contribution is -2.50. The van der Waals surface area contributed by atoms with Crippen molar-refractivity contribution in [2.45, 2.75) is 51.7 Å². The fraction of sp³-hybridized carbons (Fsp3) is 0.625. The average molecular weight is 265 g/mol. The van der Waals surface area contributed by atoms with E-state index < -0.39 is 0 Å². The van der Waals surface area contributed by atoms with Gasteiger partial charge in [0.2, 0.25) is 0 Å². The molecule has 0 aromatic heterocycles. The molecule has 2 N–H and O–H groups in total. The van der Waals surface area contributed by atoms with Crippen LogP contribution in [-0.2, 0) is 11.2 Å². The maximum atomic E-state index is 6.42. The van der Waals surface area contributed by atoms with Gasteiger partial charge in [-0.15, -0.1) is 0 Å². The molecule has 1 rings (SSSR count). The van der Waals surface area contributed by atoms with Crippen molar-refractivity contribution in [1.82, 2.24) is 0 Å². The zero-order chi connectivity index (χ0) is 14.3. The second-order valence-electron chi connectivity index (χ2n) is 4.87. The van der Waals surface area contributed by atoms with Gasteiger partial charge in [-0.1, -0.05) is 26.0 Å². The molecule has 0 bridgehead atoms. The smallest absolute Gasteiger partial charge is 0.119 e. The first kappa shape index (κ1) is 16.0. The Bertz CT molecular complexity index is 375. The first-order chi connectivity index (χ1) is 9.11. The molecule has 1 atom stereocenters. The normalized spacial score (nSPS) is 13.3. The lowest BCUT2D eigenvalue weighted by molar-refractivity contribution is -0.0633. The summed E-state index contributed by atoms with van der Waals surface area (Å²) in [6.45, 7) is 7.01. The van der Waals surface area contributed by atoms with Gasteiger partial charge >= 0.3 is 0 Å². The Morgan fingerprint density at radius 3 is 2.42 bits per heavy atom. The van der Waals surface area contributed by atoms with Gasteiger partial charge in [0.05, 0.1) is 12.7 Å². The number of rotatable bonds is 8. The van der Waals surface area contributed by atoms with Crippen LogP contribution in [-0.4, -0.2) is 25.4 Å². The van der Waals surface area contributed by atoms with Crippen LogP contribution in [0.2, 0.25) is 0 Å². The molecule has 1 unspecified atom stereocenters. The molecule has 0 amide bonds. The summed E-state index contributed by atoms with van der Waals surface area (Å²) in [5.74, 6) is 0.875. The second kappa shape index (κ2) is 7.51. The van der Waals surface area contributed by atoms with Crippen LogP contribution >= 0.6 is 0 Å². The highest BCUT2D eigenvalue weighted by Gasteiger charge is 2.33. The minimum atomic E-state index is -0.224. The Morgan fingerprint density at radius 1 is 1.21 bits per heavy atom. The van der Waals surface area contributed by atoms with Crippen LogP contribution in [0, 0.1) is 0 Å². The SMILES string of the molecule is CCOC(CC)(CC)C(N)Cc1cccc(OC)c1. The molecule has 19 heavy (non-hydrogen) atoms. The van der Waals surface area contributed by atoms with E-state index in [2.05, 4.69) is 19.9 Å². The minimum Gasteiger partial charge on any atom is -0.497 e. The van der Waals surface area contributed by atoms with Crippen LogP contribution in [0.5, 0.6) is 5.75 Å². The number of methoxy groups -OCH3 is 1. The van der Waals surface area contributed by atoms with E-state index in [4.69, 9.17) is 15.2 Å². The maximum Gasteiger partial charge on any atom is 0.119 e. The fourth-order valence-corrected chi connectivity index (χ4v) is 2.61. The molecule has 0 aliphatic rings. The van der Waals surface area contributed by atoms with Crippen LogP contribution < -0.4 is 10.5 Å². The summed E-state index contributed by atoms with van der Waals surface area (Å²) in [6.07, 6.45) is 2.67. The fourth-order valence-electron chi connectivity index (χ4n) is 2.61. The van der Waals surface area contributed by atoms with Crippen molar-refractivity contribution >= 4 is 0 Å². The van der Waals surface area contributed by atoms with Gasteiger partial charge in [0, 0.05) is 12.6 Å². The molecule has 0 heterocycles. The van der Waals surface area contributed by atoms with Gasteiger partial charge in [-0.25, -0.2) is 0 Å². The van der Waals surface area contributed by atoms with E-state index in [1.807, 2.05) is 25.1 Å². The second-order valence-corrected chi connectivity index (χ2v) is 4.87. The molecule has 0 aliphatic heterocycles. The van der Waals surface area contributed by atoms with Crippen molar-refractivity contribution in [3.05, 3.63) is 29.8 Å². The lowest BCUT2D eigenvalue weighted by atomic mass is 9.85. The molecule has 3 nitrogen and oxygen atoms in total. The zero-order valence-corrected chi connectivity index (χ0v) is 12.6. The van der Waals surface area contributed by atoms with Crippen LogP contribution in [0.3, 0.4) is 0 Å². The van der Waals surface area contributed by atoms with E-state index in [9.17, 15) is 0 Å². The van der Waals surface area contributed by atoms with Gasteiger partial charge in [-0.05, 0) is 43.9 Å². The maximum absolute atomic E-state index is 6.42. The predicted molar refractivity (Wildman–Crippen MR) is 79.6 cm³/mol. The van der Waals surface area contributed by atoms with E-state index in [0.29, 0.717) is 6.61 Å². The quantitative estimate of drug-likeness (QED) is 0.785. The summed E-state index contributed by atoms with van der Waals surface area (Å²) in [5.41, 5.74) is 7.39. The molecule has 0 saturated heterocycles. The molecule has 0 fully saturated rings. The Balaban J connectivity index is 2.83. The largest absolute Gasteiger partial charge is 0.497 e. The molecule has 108 valence electrons. The Labute approximate surface area is 117 Å². The van der Waals surface area contributed by atoms with E-state index in [-0.39, 0.29) is 11.6 Å². The van der Waals surface area contributed by atoms with Crippen LogP contribution in [0.1, 0.15) is 39.2 Å². The summed E-state index contributed by atoms with van der Waals surface area (Å²) in [7, 11) is 1.68. The molecular formula is C16H27NO2. The molecule has 0 radical (unpaired) electrons. The Morgan fingerprint density at radius 2 is 1.89 bits per heavy atom. The highest BCUT2D eigenvalue weighted by atomic mass is 16.5. The third-order valence-electron chi connectivity index (χ3n) is 3.89. The average Bonchev–Trinajstić information content (AvgIpc) is 2.45. The summed E-state index contributed by atoms with van der Waals surface area (Å²) >= 11 is 0. The summed E-state index contributed by atoms with van der Waals surface area (Å²) in [6, 6.07) is 8.08. The first-order valence-electron chi connectivity index (χ1n) is 7.14. The third kappa shape index (κ3) is 3.95. The number of ether oxygens (including phenoxy) is 2. The van der Waals surface area contributed by atoms with E-state index in [1.54, 1.807) is 7.11 Å². The highest BCUT2D eigenvalue weighted by Crippen LogP contribution is 2.26. The molecule has 0 aliphatic carbocycles. The van der Waals surface area contributed by atoms with Crippen LogP contribution in [0.15, 0.2) is 24.3 Å². The van der Waals surface area contributed by atoms with Gasteiger partial charge in [0.15, 0.2) is 0 Å². The molecular weight excluding hydrogens is 238 g/mol. The Hall–Kier alpha value is -1.06. The highest BCUT2D eigenvalue weighted by molar-refractivity contribution is 5.29. The van der Waals surface area contributed by atoms with E-state index in [0.717, 1.165) is 25.0 Å². The van der Waals surface area contributed by atoms with Gasteiger partial charge < -0.3 is 15.2 Å². The topological polar surface area (TPSA) is 44.5 Å². The molecule has 1 aromatic rings. The Kier molecular flexibility index (Phi) is 6.32. The van der Waals surface area contributed by atoms with Gasteiger partial charge in [0.1, 0.15) is 5.75 Å². The minimum absolute atomic E-state index is 0.00504. The molecule has 0 saturated carbocycles. The summed E-state index contributed by atoms with van der Waals surface area (Å²) in [5, 5.41) is 0.